The van der Waals surface area contributed by atoms with Crippen molar-refractivity contribution in [1.82, 2.24) is 5.32 Å². The third kappa shape index (κ3) is 11.5. The van der Waals surface area contributed by atoms with Crippen LogP contribution in [0.3, 0.4) is 0 Å². The van der Waals surface area contributed by atoms with Gasteiger partial charge in [0, 0.05) is 19.8 Å². The van der Waals surface area contributed by atoms with Gasteiger partial charge in [0.2, 0.25) is 0 Å². The van der Waals surface area contributed by atoms with Gasteiger partial charge >= 0.3 is 6.18 Å². The molecule has 0 saturated carbocycles. The summed E-state index contributed by atoms with van der Waals surface area (Å²) in [5, 5.41) is 3.35. The first-order valence-electron chi connectivity index (χ1n) is 7.13. The van der Waals surface area contributed by atoms with Gasteiger partial charge in [-0.2, -0.15) is 13.2 Å². The SMILES string of the molecule is CCCNC(CCOCC(F)(F)F)CCC(C)(C)OC. The molecule has 0 fully saturated rings. The van der Waals surface area contributed by atoms with Gasteiger partial charge in [-0.1, -0.05) is 6.92 Å². The second-order valence-electron chi connectivity index (χ2n) is 5.61. The fourth-order valence-corrected chi connectivity index (χ4v) is 1.73. The van der Waals surface area contributed by atoms with Crippen LogP contribution in [0.5, 0.6) is 0 Å². The van der Waals surface area contributed by atoms with Crippen molar-refractivity contribution in [3.8, 4) is 0 Å². The molecule has 122 valence electrons. The second-order valence-corrected chi connectivity index (χ2v) is 5.61. The Labute approximate surface area is 120 Å². The summed E-state index contributed by atoms with van der Waals surface area (Å²) < 4.78 is 46.0. The van der Waals surface area contributed by atoms with Gasteiger partial charge in [-0.05, 0) is 46.1 Å². The van der Waals surface area contributed by atoms with E-state index in [2.05, 4.69) is 17.0 Å². The molecule has 3 nitrogen and oxygen atoms in total. The fourth-order valence-electron chi connectivity index (χ4n) is 1.73. The lowest BCUT2D eigenvalue weighted by atomic mass is 9.97. The van der Waals surface area contributed by atoms with Crippen molar-refractivity contribution in [3.05, 3.63) is 0 Å². The van der Waals surface area contributed by atoms with Crippen LogP contribution >= 0.6 is 0 Å². The van der Waals surface area contributed by atoms with Crippen LogP contribution in [-0.4, -0.2) is 44.7 Å². The van der Waals surface area contributed by atoms with E-state index in [0.717, 1.165) is 25.8 Å². The van der Waals surface area contributed by atoms with Gasteiger partial charge in [0.15, 0.2) is 0 Å². The highest BCUT2D eigenvalue weighted by Gasteiger charge is 2.27. The molecule has 0 aromatic heterocycles. The molecule has 20 heavy (non-hydrogen) atoms. The number of ether oxygens (including phenoxy) is 2. The predicted octanol–water partition coefficient (Wildman–Crippen LogP) is 3.53. The third-order valence-electron chi connectivity index (χ3n) is 3.21. The van der Waals surface area contributed by atoms with Crippen LogP contribution in [0.2, 0.25) is 0 Å². The molecule has 0 aromatic rings. The van der Waals surface area contributed by atoms with Crippen LogP contribution in [0.25, 0.3) is 0 Å². The molecule has 0 rings (SSSR count). The minimum Gasteiger partial charge on any atom is -0.379 e. The first-order valence-corrected chi connectivity index (χ1v) is 7.13. The predicted molar refractivity (Wildman–Crippen MR) is 73.9 cm³/mol. The van der Waals surface area contributed by atoms with Crippen molar-refractivity contribution >= 4 is 0 Å². The molecular formula is C14H28F3NO2. The number of methoxy groups -OCH3 is 1. The molecule has 0 heterocycles. The van der Waals surface area contributed by atoms with Gasteiger partial charge in [-0.25, -0.2) is 0 Å². The van der Waals surface area contributed by atoms with E-state index in [1.54, 1.807) is 7.11 Å². The Balaban J connectivity index is 4.02. The van der Waals surface area contributed by atoms with Crippen molar-refractivity contribution in [3.63, 3.8) is 0 Å². The van der Waals surface area contributed by atoms with Gasteiger partial charge in [0.25, 0.3) is 0 Å². The smallest absolute Gasteiger partial charge is 0.379 e. The average molecular weight is 299 g/mol. The van der Waals surface area contributed by atoms with E-state index >= 15 is 0 Å². The van der Waals surface area contributed by atoms with Crippen LogP contribution in [-0.2, 0) is 9.47 Å². The van der Waals surface area contributed by atoms with Crippen molar-refractivity contribution in [2.24, 2.45) is 0 Å². The lowest BCUT2D eigenvalue weighted by Crippen LogP contribution is -2.34. The highest BCUT2D eigenvalue weighted by atomic mass is 19.4. The summed E-state index contributed by atoms with van der Waals surface area (Å²) in [6, 6.07) is 0.164. The fraction of sp³-hybridized carbons (Fsp3) is 1.00. The molecule has 0 aliphatic rings. The Morgan fingerprint density at radius 1 is 1.15 bits per heavy atom. The summed E-state index contributed by atoms with van der Waals surface area (Å²) >= 11 is 0. The average Bonchev–Trinajstić information content (AvgIpc) is 2.35. The summed E-state index contributed by atoms with van der Waals surface area (Å²) in [7, 11) is 1.67. The number of hydrogen-bond donors (Lipinski definition) is 1. The first kappa shape index (κ1) is 19.7. The zero-order valence-corrected chi connectivity index (χ0v) is 13.0. The van der Waals surface area contributed by atoms with E-state index in [1.807, 2.05) is 13.8 Å². The standard InChI is InChI=1S/C14H28F3NO2/c1-5-9-18-12(6-8-13(2,3)19-4)7-10-20-11-14(15,16)17/h12,18H,5-11H2,1-4H3. The number of nitrogens with one attached hydrogen (secondary N) is 1. The Bertz CT molecular complexity index is 245. The monoisotopic (exact) mass is 299 g/mol. The zero-order chi connectivity index (χ0) is 15.6. The molecule has 0 aliphatic carbocycles. The summed E-state index contributed by atoms with van der Waals surface area (Å²) in [4.78, 5) is 0. The maximum Gasteiger partial charge on any atom is 0.411 e. The van der Waals surface area contributed by atoms with Gasteiger partial charge in [0.1, 0.15) is 6.61 Å². The molecule has 0 aromatic carbocycles. The van der Waals surface area contributed by atoms with Crippen LogP contribution < -0.4 is 5.32 Å². The van der Waals surface area contributed by atoms with Gasteiger partial charge in [-0.3, -0.25) is 0 Å². The van der Waals surface area contributed by atoms with Gasteiger partial charge in [-0.15, -0.1) is 0 Å². The Hall–Kier alpha value is -0.330. The third-order valence-corrected chi connectivity index (χ3v) is 3.21. The van der Waals surface area contributed by atoms with Gasteiger partial charge in [0.05, 0.1) is 5.60 Å². The molecule has 0 spiro atoms. The Morgan fingerprint density at radius 2 is 1.80 bits per heavy atom. The molecule has 0 radical (unpaired) electrons. The van der Waals surface area contributed by atoms with Crippen molar-refractivity contribution < 1.29 is 22.6 Å². The lowest BCUT2D eigenvalue weighted by molar-refractivity contribution is -0.174. The summed E-state index contributed by atoms with van der Waals surface area (Å²) in [6.07, 6.45) is -0.964. The van der Waals surface area contributed by atoms with E-state index in [1.165, 1.54) is 0 Å². The van der Waals surface area contributed by atoms with E-state index in [9.17, 15) is 13.2 Å². The zero-order valence-electron chi connectivity index (χ0n) is 13.0. The van der Waals surface area contributed by atoms with Crippen LogP contribution in [0, 0.1) is 0 Å². The molecule has 1 unspecified atom stereocenters. The van der Waals surface area contributed by atoms with Crippen LogP contribution in [0.4, 0.5) is 13.2 Å². The molecule has 1 N–H and O–H groups in total. The quantitative estimate of drug-likeness (QED) is 0.592. The maximum atomic E-state index is 12.0. The highest BCUT2D eigenvalue weighted by Crippen LogP contribution is 2.18. The summed E-state index contributed by atoms with van der Waals surface area (Å²) in [5.41, 5.74) is -0.209. The molecule has 0 aliphatic heterocycles. The number of alkyl halides is 3. The highest BCUT2D eigenvalue weighted by molar-refractivity contribution is 4.74. The first-order chi connectivity index (χ1) is 9.20. The largest absolute Gasteiger partial charge is 0.411 e. The molecule has 0 bridgehead atoms. The Kier molecular flexibility index (Phi) is 9.42. The molecule has 0 saturated heterocycles. The van der Waals surface area contributed by atoms with E-state index in [-0.39, 0.29) is 18.2 Å². The van der Waals surface area contributed by atoms with Crippen molar-refractivity contribution in [1.29, 1.82) is 0 Å². The molecule has 6 heteroatoms. The van der Waals surface area contributed by atoms with E-state index < -0.39 is 12.8 Å². The molecule has 1 atom stereocenters. The number of hydrogen-bond acceptors (Lipinski definition) is 3. The maximum absolute atomic E-state index is 12.0. The minimum atomic E-state index is -4.25. The Morgan fingerprint density at radius 3 is 2.30 bits per heavy atom. The lowest BCUT2D eigenvalue weighted by Gasteiger charge is -2.26. The number of rotatable bonds is 11. The molecule has 0 amide bonds. The van der Waals surface area contributed by atoms with E-state index in [4.69, 9.17) is 4.74 Å². The normalized spacial score (nSPS) is 14.6. The van der Waals surface area contributed by atoms with E-state index in [0.29, 0.717) is 6.42 Å². The van der Waals surface area contributed by atoms with Crippen LogP contribution in [0.15, 0.2) is 0 Å². The topological polar surface area (TPSA) is 30.5 Å². The second kappa shape index (κ2) is 9.58. The van der Waals surface area contributed by atoms with Crippen LogP contribution in [0.1, 0.15) is 46.5 Å². The molecular weight excluding hydrogens is 271 g/mol. The van der Waals surface area contributed by atoms with Crippen molar-refractivity contribution in [2.75, 3.05) is 26.9 Å². The summed E-state index contributed by atoms with van der Waals surface area (Å²) in [6.45, 7) is 5.88. The number of halogens is 3. The van der Waals surface area contributed by atoms with Gasteiger partial charge < -0.3 is 14.8 Å². The minimum absolute atomic E-state index is 0.119. The summed E-state index contributed by atoms with van der Waals surface area (Å²) in [5.74, 6) is 0. The van der Waals surface area contributed by atoms with Crippen molar-refractivity contribution in [2.45, 2.75) is 64.3 Å².